The van der Waals surface area contributed by atoms with Crippen molar-refractivity contribution in [3.05, 3.63) is 64.9 Å². The molecule has 4 nitrogen and oxygen atoms in total. The summed E-state index contributed by atoms with van der Waals surface area (Å²) in [6.45, 7) is 0.897. The zero-order valence-corrected chi connectivity index (χ0v) is 14.3. The van der Waals surface area contributed by atoms with Crippen molar-refractivity contribution in [1.29, 1.82) is 0 Å². The van der Waals surface area contributed by atoms with Gasteiger partial charge in [0.05, 0.1) is 6.04 Å². The van der Waals surface area contributed by atoms with E-state index in [2.05, 4.69) is 15.2 Å². The van der Waals surface area contributed by atoms with E-state index in [1.807, 2.05) is 50.5 Å². The zero-order valence-electron chi connectivity index (χ0n) is 13.5. The molecule has 2 aromatic rings. The highest BCUT2D eigenvalue weighted by Crippen LogP contribution is 2.23. The summed E-state index contributed by atoms with van der Waals surface area (Å²) >= 11 is 5.96. The Morgan fingerprint density at radius 2 is 1.74 bits per heavy atom. The molecule has 122 valence electrons. The van der Waals surface area contributed by atoms with Crippen molar-refractivity contribution < 1.29 is 4.79 Å². The largest absolute Gasteiger partial charge is 0.345 e. The average molecular weight is 332 g/mol. The quantitative estimate of drug-likeness (QED) is 0.846. The smallest absolute Gasteiger partial charge is 0.220 e. The molecule has 2 rings (SSSR count). The van der Waals surface area contributed by atoms with Crippen LogP contribution < -0.4 is 5.32 Å². The van der Waals surface area contributed by atoms with E-state index in [1.54, 1.807) is 12.4 Å². The van der Waals surface area contributed by atoms with Gasteiger partial charge >= 0.3 is 0 Å². The van der Waals surface area contributed by atoms with Crippen molar-refractivity contribution in [2.45, 2.75) is 18.9 Å². The van der Waals surface area contributed by atoms with Crippen LogP contribution in [0.4, 0.5) is 0 Å². The molecule has 0 aliphatic rings. The third-order valence-electron chi connectivity index (χ3n) is 3.56. The fraction of sp³-hybridized carbons (Fsp3) is 0.333. The lowest BCUT2D eigenvalue weighted by Crippen LogP contribution is -2.29. The second kappa shape index (κ2) is 8.65. The molecule has 0 aliphatic carbocycles. The average Bonchev–Trinajstić information content (AvgIpc) is 2.54. The normalized spacial score (nSPS) is 12.2. The van der Waals surface area contributed by atoms with Crippen molar-refractivity contribution >= 4 is 17.5 Å². The summed E-state index contributed by atoms with van der Waals surface area (Å²) in [5.74, 6) is 0.0450. The van der Waals surface area contributed by atoms with Gasteiger partial charge in [-0.3, -0.25) is 9.78 Å². The number of nitrogens with zero attached hydrogens (tertiary/aromatic N) is 2. The van der Waals surface area contributed by atoms with Gasteiger partial charge in [-0.15, -0.1) is 0 Å². The third kappa shape index (κ3) is 5.66. The number of benzene rings is 1. The Morgan fingerprint density at radius 1 is 1.13 bits per heavy atom. The number of aromatic nitrogens is 1. The van der Waals surface area contributed by atoms with Crippen LogP contribution in [0.5, 0.6) is 0 Å². The Hall–Kier alpha value is -1.91. The highest BCUT2D eigenvalue weighted by molar-refractivity contribution is 6.30. The van der Waals surface area contributed by atoms with E-state index < -0.39 is 0 Å². The molecular formula is C18H22ClN3O. The first kappa shape index (κ1) is 17.4. The van der Waals surface area contributed by atoms with Gasteiger partial charge in [0.2, 0.25) is 5.91 Å². The summed E-state index contributed by atoms with van der Waals surface area (Å²) in [6, 6.07) is 11.2. The van der Waals surface area contributed by atoms with Crippen molar-refractivity contribution in [3.63, 3.8) is 0 Å². The van der Waals surface area contributed by atoms with Crippen LogP contribution in [0.1, 0.15) is 30.0 Å². The molecule has 1 unspecified atom stereocenters. The van der Waals surface area contributed by atoms with Gasteiger partial charge in [-0.2, -0.15) is 0 Å². The molecule has 0 saturated carbocycles. The SMILES string of the molecule is CN(C)CCCC(=O)NC(c1ccncc1)c1ccc(Cl)cc1. The standard InChI is InChI=1S/C18H22ClN3O/c1-22(2)13-3-4-17(23)21-18(15-9-11-20-12-10-15)14-5-7-16(19)8-6-14/h5-12,18H,3-4,13H2,1-2H3,(H,21,23). The summed E-state index contributed by atoms with van der Waals surface area (Å²) in [4.78, 5) is 18.4. The van der Waals surface area contributed by atoms with E-state index in [4.69, 9.17) is 11.6 Å². The van der Waals surface area contributed by atoms with Gasteiger partial charge in [-0.1, -0.05) is 23.7 Å². The first-order chi connectivity index (χ1) is 11.1. The number of hydrogen-bond acceptors (Lipinski definition) is 3. The van der Waals surface area contributed by atoms with Crippen LogP contribution >= 0.6 is 11.6 Å². The molecule has 0 saturated heterocycles. The molecule has 0 aliphatic heterocycles. The molecule has 1 heterocycles. The van der Waals surface area contributed by atoms with Gasteiger partial charge in [-0.25, -0.2) is 0 Å². The van der Waals surface area contributed by atoms with E-state index in [0.29, 0.717) is 11.4 Å². The monoisotopic (exact) mass is 331 g/mol. The molecule has 0 fully saturated rings. The molecule has 0 bridgehead atoms. The van der Waals surface area contributed by atoms with E-state index in [9.17, 15) is 4.79 Å². The van der Waals surface area contributed by atoms with Crippen LogP contribution in [0.3, 0.4) is 0 Å². The Balaban J connectivity index is 2.11. The number of nitrogens with one attached hydrogen (secondary N) is 1. The highest BCUT2D eigenvalue weighted by atomic mass is 35.5. The van der Waals surface area contributed by atoms with Crippen LogP contribution in [-0.4, -0.2) is 36.4 Å². The minimum Gasteiger partial charge on any atom is -0.345 e. The first-order valence-corrected chi connectivity index (χ1v) is 8.03. The Labute approximate surface area is 142 Å². The number of amides is 1. The van der Waals surface area contributed by atoms with E-state index in [-0.39, 0.29) is 11.9 Å². The molecule has 23 heavy (non-hydrogen) atoms. The number of carbonyl (C=O) groups excluding carboxylic acids is 1. The van der Waals surface area contributed by atoms with Gasteiger partial charge in [0.15, 0.2) is 0 Å². The van der Waals surface area contributed by atoms with Gasteiger partial charge in [-0.05, 0) is 62.5 Å². The minimum absolute atomic E-state index is 0.0450. The zero-order chi connectivity index (χ0) is 16.7. The Morgan fingerprint density at radius 3 is 2.35 bits per heavy atom. The minimum atomic E-state index is -0.192. The molecule has 5 heteroatoms. The van der Waals surface area contributed by atoms with E-state index in [1.165, 1.54) is 0 Å². The maximum atomic E-state index is 12.3. The van der Waals surface area contributed by atoms with Crippen molar-refractivity contribution in [1.82, 2.24) is 15.2 Å². The maximum absolute atomic E-state index is 12.3. The fourth-order valence-electron chi connectivity index (χ4n) is 2.36. The molecule has 0 radical (unpaired) electrons. The Kier molecular flexibility index (Phi) is 6.56. The Bertz CT molecular complexity index is 614. The van der Waals surface area contributed by atoms with Crippen molar-refractivity contribution in [3.8, 4) is 0 Å². The first-order valence-electron chi connectivity index (χ1n) is 7.66. The number of carbonyl (C=O) groups is 1. The van der Waals surface area contributed by atoms with E-state index >= 15 is 0 Å². The van der Waals surface area contributed by atoms with Crippen LogP contribution in [0.15, 0.2) is 48.8 Å². The predicted molar refractivity (Wildman–Crippen MR) is 93.5 cm³/mol. The van der Waals surface area contributed by atoms with Crippen LogP contribution in [-0.2, 0) is 4.79 Å². The molecule has 1 atom stereocenters. The lowest BCUT2D eigenvalue weighted by Gasteiger charge is -2.20. The maximum Gasteiger partial charge on any atom is 0.220 e. The summed E-state index contributed by atoms with van der Waals surface area (Å²) in [7, 11) is 4.01. The number of rotatable bonds is 7. The molecule has 0 spiro atoms. The lowest BCUT2D eigenvalue weighted by atomic mass is 9.99. The van der Waals surface area contributed by atoms with Gasteiger partial charge < -0.3 is 10.2 Å². The van der Waals surface area contributed by atoms with E-state index in [0.717, 1.165) is 24.1 Å². The second-order valence-corrected chi connectivity index (χ2v) is 6.18. The van der Waals surface area contributed by atoms with Crippen LogP contribution in [0.2, 0.25) is 5.02 Å². The number of pyridine rings is 1. The van der Waals surface area contributed by atoms with Gasteiger partial charge in [0.1, 0.15) is 0 Å². The summed E-state index contributed by atoms with van der Waals surface area (Å²) in [6.07, 6.45) is 4.81. The molecule has 1 N–H and O–H groups in total. The molecular weight excluding hydrogens is 310 g/mol. The molecule has 1 aromatic carbocycles. The molecule has 1 amide bonds. The second-order valence-electron chi connectivity index (χ2n) is 5.74. The highest BCUT2D eigenvalue weighted by Gasteiger charge is 2.16. The summed E-state index contributed by atoms with van der Waals surface area (Å²) < 4.78 is 0. The van der Waals surface area contributed by atoms with Crippen molar-refractivity contribution in [2.75, 3.05) is 20.6 Å². The van der Waals surface area contributed by atoms with Crippen molar-refractivity contribution in [2.24, 2.45) is 0 Å². The molecule has 1 aromatic heterocycles. The van der Waals surface area contributed by atoms with Gasteiger partial charge in [0, 0.05) is 23.8 Å². The number of halogens is 1. The summed E-state index contributed by atoms with van der Waals surface area (Å²) in [5, 5.41) is 3.79. The third-order valence-corrected chi connectivity index (χ3v) is 3.81. The van der Waals surface area contributed by atoms with Gasteiger partial charge in [0.25, 0.3) is 0 Å². The predicted octanol–water partition coefficient (Wildman–Crippen LogP) is 3.28. The number of hydrogen-bond donors (Lipinski definition) is 1. The van der Waals surface area contributed by atoms with Crippen LogP contribution in [0.25, 0.3) is 0 Å². The fourth-order valence-corrected chi connectivity index (χ4v) is 2.49. The summed E-state index contributed by atoms with van der Waals surface area (Å²) in [5.41, 5.74) is 2.00. The topological polar surface area (TPSA) is 45.2 Å². The lowest BCUT2D eigenvalue weighted by molar-refractivity contribution is -0.121. The van der Waals surface area contributed by atoms with Crippen LogP contribution in [0, 0.1) is 0 Å².